The van der Waals surface area contributed by atoms with Crippen LogP contribution < -0.4 is 9.64 Å². The number of thioether (sulfide) groups is 1. The molecular weight excluding hydrogens is 344 g/mol. The van der Waals surface area contributed by atoms with E-state index in [0.29, 0.717) is 18.7 Å². The Morgan fingerprint density at radius 2 is 2.00 bits per heavy atom. The Morgan fingerprint density at radius 1 is 1.20 bits per heavy atom. The number of carbonyl (C=O) groups is 1. The summed E-state index contributed by atoms with van der Waals surface area (Å²) in [5, 5.41) is 0. The summed E-state index contributed by atoms with van der Waals surface area (Å²) < 4.78 is 29.1. The number of nitrogens with zero attached hydrogens (tertiary/aromatic N) is 1. The molecule has 0 aliphatic carbocycles. The Hall–Kier alpha value is -2.08. The number of benzene rings is 2. The molecule has 25 heavy (non-hydrogen) atoms. The van der Waals surface area contributed by atoms with Gasteiger partial charge in [-0.15, -0.1) is 11.8 Å². The SMILES string of the molecule is O=C(CCSc1ccccc1)N1CCCc2cc(OC(F)F)ccc21. The molecule has 0 fully saturated rings. The third-order valence-electron chi connectivity index (χ3n) is 4.02. The van der Waals surface area contributed by atoms with Gasteiger partial charge in [0.1, 0.15) is 5.75 Å². The van der Waals surface area contributed by atoms with Crippen molar-refractivity contribution in [3.63, 3.8) is 0 Å². The van der Waals surface area contributed by atoms with Crippen molar-refractivity contribution in [2.24, 2.45) is 0 Å². The van der Waals surface area contributed by atoms with Gasteiger partial charge in [0.2, 0.25) is 5.91 Å². The molecule has 0 bridgehead atoms. The highest BCUT2D eigenvalue weighted by molar-refractivity contribution is 7.99. The maximum absolute atomic E-state index is 12.6. The maximum Gasteiger partial charge on any atom is 0.387 e. The number of anilines is 1. The molecule has 1 aliphatic rings. The summed E-state index contributed by atoms with van der Waals surface area (Å²) in [4.78, 5) is 15.5. The number of hydrogen-bond donors (Lipinski definition) is 0. The number of rotatable bonds is 6. The van der Waals surface area contributed by atoms with Crippen molar-refractivity contribution in [2.45, 2.75) is 30.8 Å². The lowest BCUT2D eigenvalue weighted by Crippen LogP contribution is -2.35. The molecule has 0 aromatic heterocycles. The Bertz CT molecular complexity index is 725. The van der Waals surface area contributed by atoms with Crippen LogP contribution >= 0.6 is 11.8 Å². The zero-order chi connectivity index (χ0) is 17.6. The first-order valence-corrected chi connectivity index (χ1v) is 9.18. The van der Waals surface area contributed by atoms with Gasteiger partial charge in [-0.3, -0.25) is 4.79 Å². The molecule has 3 nitrogen and oxygen atoms in total. The number of carbonyl (C=O) groups excluding carboxylic acids is 1. The number of hydrogen-bond acceptors (Lipinski definition) is 3. The van der Waals surface area contributed by atoms with Gasteiger partial charge in [-0.1, -0.05) is 18.2 Å². The zero-order valence-corrected chi connectivity index (χ0v) is 14.5. The van der Waals surface area contributed by atoms with Gasteiger partial charge in [0.05, 0.1) is 0 Å². The van der Waals surface area contributed by atoms with E-state index in [0.717, 1.165) is 29.0 Å². The fourth-order valence-electron chi connectivity index (χ4n) is 2.92. The Balaban J connectivity index is 1.62. The van der Waals surface area contributed by atoms with Crippen LogP contribution in [0, 0.1) is 0 Å². The number of fused-ring (bicyclic) bond motifs is 1. The smallest absolute Gasteiger partial charge is 0.387 e. The standard InChI is InChI=1S/C19H19F2NO2S/c20-19(21)24-15-8-9-17-14(13-15)5-4-11-22(17)18(23)10-12-25-16-6-2-1-3-7-16/h1-3,6-9,13,19H,4-5,10-12H2. The van der Waals surface area contributed by atoms with Crippen molar-refractivity contribution < 1.29 is 18.3 Å². The molecule has 0 spiro atoms. The normalized spacial score (nSPS) is 13.6. The number of halogens is 2. The minimum Gasteiger partial charge on any atom is -0.435 e. The summed E-state index contributed by atoms with van der Waals surface area (Å²) in [6.07, 6.45) is 2.02. The molecule has 0 radical (unpaired) electrons. The molecule has 1 heterocycles. The van der Waals surface area contributed by atoms with Crippen LogP contribution in [-0.4, -0.2) is 24.8 Å². The number of amides is 1. The van der Waals surface area contributed by atoms with E-state index >= 15 is 0 Å². The van der Waals surface area contributed by atoms with E-state index < -0.39 is 6.61 Å². The van der Waals surface area contributed by atoms with E-state index in [4.69, 9.17) is 0 Å². The predicted octanol–water partition coefficient (Wildman–Crippen LogP) is 4.75. The van der Waals surface area contributed by atoms with Crippen LogP contribution in [0.1, 0.15) is 18.4 Å². The average molecular weight is 363 g/mol. The molecule has 0 atom stereocenters. The second-order valence-electron chi connectivity index (χ2n) is 5.73. The van der Waals surface area contributed by atoms with Crippen molar-refractivity contribution in [2.75, 3.05) is 17.2 Å². The second kappa shape index (κ2) is 8.34. The zero-order valence-electron chi connectivity index (χ0n) is 13.7. The molecule has 0 N–H and O–H groups in total. The van der Waals surface area contributed by atoms with Gasteiger partial charge in [-0.05, 0) is 48.7 Å². The molecule has 2 aromatic rings. The molecule has 6 heteroatoms. The van der Waals surface area contributed by atoms with Crippen molar-refractivity contribution in [1.82, 2.24) is 0 Å². The monoisotopic (exact) mass is 363 g/mol. The molecule has 3 rings (SSSR count). The van der Waals surface area contributed by atoms with Gasteiger partial charge < -0.3 is 9.64 Å². The maximum atomic E-state index is 12.6. The minimum absolute atomic E-state index is 0.0620. The summed E-state index contributed by atoms with van der Waals surface area (Å²) in [5.41, 5.74) is 1.69. The topological polar surface area (TPSA) is 29.5 Å². The van der Waals surface area contributed by atoms with Crippen LogP contribution in [0.15, 0.2) is 53.4 Å². The first-order valence-electron chi connectivity index (χ1n) is 8.19. The molecule has 132 valence electrons. The summed E-state index contributed by atoms with van der Waals surface area (Å²) in [6, 6.07) is 14.8. The molecule has 1 amide bonds. The quantitative estimate of drug-likeness (QED) is 0.694. The lowest BCUT2D eigenvalue weighted by Gasteiger charge is -2.30. The van der Waals surface area contributed by atoms with E-state index in [2.05, 4.69) is 4.74 Å². The summed E-state index contributed by atoms with van der Waals surface area (Å²) in [7, 11) is 0. The van der Waals surface area contributed by atoms with Crippen LogP contribution in [0.25, 0.3) is 0 Å². The van der Waals surface area contributed by atoms with Crippen LogP contribution in [0.5, 0.6) is 5.75 Å². The van der Waals surface area contributed by atoms with Gasteiger partial charge in [-0.25, -0.2) is 0 Å². The molecule has 0 saturated heterocycles. The fraction of sp³-hybridized carbons (Fsp3) is 0.316. The van der Waals surface area contributed by atoms with Crippen molar-refractivity contribution in [1.29, 1.82) is 0 Å². The van der Waals surface area contributed by atoms with E-state index in [-0.39, 0.29) is 11.7 Å². The van der Waals surface area contributed by atoms with Gasteiger partial charge in [-0.2, -0.15) is 8.78 Å². The molecule has 0 unspecified atom stereocenters. The van der Waals surface area contributed by atoms with Crippen LogP contribution in [0.3, 0.4) is 0 Å². The van der Waals surface area contributed by atoms with Crippen molar-refractivity contribution in [3.05, 3.63) is 54.1 Å². The highest BCUT2D eigenvalue weighted by Crippen LogP contribution is 2.32. The number of alkyl halides is 2. The van der Waals surface area contributed by atoms with Gasteiger partial charge in [0.15, 0.2) is 0 Å². The third-order valence-corrected chi connectivity index (χ3v) is 5.04. The van der Waals surface area contributed by atoms with Crippen molar-refractivity contribution in [3.8, 4) is 5.75 Å². The molecule has 2 aromatic carbocycles. The van der Waals surface area contributed by atoms with Crippen LogP contribution in [0.4, 0.5) is 14.5 Å². The number of aryl methyl sites for hydroxylation is 1. The Kier molecular flexibility index (Phi) is 5.91. The number of ether oxygens (including phenoxy) is 1. The Labute approximate surface area is 150 Å². The van der Waals surface area contributed by atoms with E-state index in [9.17, 15) is 13.6 Å². The van der Waals surface area contributed by atoms with Crippen LogP contribution in [0.2, 0.25) is 0 Å². The van der Waals surface area contributed by atoms with Gasteiger partial charge >= 0.3 is 6.61 Å². The summed E-state index contributed by atoms with van der Waals surface area (Å²) >= 11 is 1.65. The van der Waals surface area contributed by atoms with E-state index in [1.54, 1.807) is 28.8 Å². The first kappa shape index (κ1) is 17.7. The largest absolute Gasteiger partial charge is 0.435 e. The summed E-state index contributed by atoms with van der Waals surface area (Å²) in [6.45, 7) is -2.17. The lowest BCUT2D eigenvalue weighted by atomic mass is 10.0. The second-order valence-corrected chi connectivity index (χ2v) is 6.90. The highest BCUT2D eigenvalue weighted by atomic mass is 32.2. The predicted molar refractivity (Wildman–Crippen MR) is 95.5 cm³/mol. The minimum atomic E-state index is -2.84. The third kappa shape index (κ3) is 4.72. The summed E-state index contributed by atoms with van der Waals surface area (Å²) in [5.74, 6) is 0.913. The van der Waals surface area contributed by atoms with Crippen molar-refractivity contribution >= 4 is 23.4 Å². The first-order chi connectivity index (χ1) is 12.1. The molecule has 1 aliphatic heterocycles. The van der Waals surface area contributed by atoms with E-state index in [1.807, 2.05) is 30.3 Å². The van der Waals surface area contributed by atoms with Gasteiger partial charge in [0.25, 0.3) is 0 Å². The Morgan fingerprint density at radius 3 is 2.76 bits per heavy atom. The van der Waals surface area contributed by atoms with E-state index in [1.165, 1.54) is 6.07 Å². The molecule has 0 saturated carbocycles. The highest BCUT2D eigenvalue weighted by Gasteiger charge is 2.23. The molecular formula is C19H19F2NO2S. The fourth-order valence-corrected chi connectivity index (χ4v) is 3.78. The lowest BCUT2D eigenvalue weighted by molar-refractivity contribution is -0.118. The van der Waals surface area contributed by atoms with Gasteiger partial charge in [0, 0.05) is 29.3 Å². The van der Waals surface area contributed by atoms with Crippen LogP contribution in [-0.2, 0) is 11.2 Å². The average Bonchev–Trinajstić information content (AvgIpc) is 2.61.